The molecule has 1 amide bonds. The van der Waals surface area contributed by atoms with Crippen molar-refractivity contribution < 1.29 is 4.79 Å². The number of nitrogens with zero attached hydrogens (tertiary/aromatic N) is 6. The van der Waals surface area contributed by atoms with E-state index in [1.165, 1.54) is 6.08 Å². The first-order valence-corrected chi connectivity index (χ1v) is 11.6. The summed E-state index contributed by atoms with van der Waals surface area (Å²) >= 11 is 0. The van der Waals surface area contributed by atoms with Crippen LogP contribution in [0.5, 0.6) is 0 Å². The lowest BCUT2D eigenvalue weighted by Crippen LogP contribution is -2.43. The number of piperidine rings is 1. The fourth-order valence-electron chi connectivity index (χ4n) is 4.66. The Morgan fingerprint density at radius 1 is 1.38 bits per heavy atom. The molecule has 1 aliphatic rings. The number of hydrogen-bond donors (Lipinski definition) is 1. The number of nitrogens with one attached hydrogen (secondary N) is 1. The smallest absolute Gasteiger partial charge is 0.245 e. The van der Waals surface area contributed by atoms with Gasteiger partial charge in [0.25, 0.3) is 0 Å². The van der Waals surface area contributed by atoms with Gasteiger partial charge in [0.15, 0.2) is 0 Å². The van der Waals surface area contributed by atoms with Gasteiger partial charge < -0.3 is 15.1 Å². The molecule has 2 aromatic rings. The fourth-order valence-corrected chi connectivity index (χ4v) is 4.66. The quantitative estimate of drug-likeness (QED) is 0.560. The maximum absolute atomic E-state index is 11.9. The second-order valence-corrected chi connectivity index (χ2v) is 8.86. The van der Waals surface area contributed by atoms with Crippen molar-refractivity contribution in [2.45, 2.75) is 58.4 Å². The number of carbonyl (C=O) groups excluding carboxylic acids is 1. The molecule has 1 saturated heterocycles. The Hall–Kier alpha value is -2.90. The second-order valence-electron chi connectivity index (χ2n) is 8.86. The van der Waals surface area contributed by atoms with Crippen molar-refractivity contribution in [2.75, 3.05) is 30.4 Å². The summed E-state index contributed by atoms with van der Waals surface area (Å²) < 4.78 is 1.74. The number of amides is 1. The van der Waals surface area contributed by atoms with E-state index in [-0.39, 0.29) is 5.91 Å². The van der Waals surface area contributed by atoms with Crippen molar-refractivity contribution in [3.63, 3.8) is 0 Å². The number of anilines is 3. The SMILES string of the molecule is C=CC(=O)N1CCC(CC)(CCC(CC)N(C)c2ccnc(Nc3cnn(C)c3)n2)CC1. The molecule has 1 aliphatic heterocycles. The zero-order valence-corrected chi connectivity index (χ0v) is 19.9. The highest BCUT2D eigenvalue weighted by atomic mass is 16.2. The molecule has 1 unspecified atom stereocenters. The highest BCUT2D eigenvalue weighted by molar-refractivity contribution is 5.87. The van der Waals surface area contributed by atoms with Gasteiger partial charge >= 0.3 is 0 Å². The monoisotopic (exact) mass is 439 g/mol. The van der Waals surface area contributed by atoms with Crippen LogP contribution in [-0.4, -0.2) is 56.7 Å². The number of carbonyl (C=O) groups is 1. The molecule has 3 rings (SSSR count). The predicted octanol–water partition coefficient (Wildman–Crippen LogP) is 4.15. The van der Waals surface area contributed by atoms with Crippen LogP contribution in [0.15, 0.2) is 37.3 Å². The van der Waals surface area contributed by atoms with E-state index in [0.29, 0.717) is 17.4 Å². The number of aryl methyl sites for hydroxylation is 1. The second kappa shape index (κ2) is 10.6. The summed E-state index contributed by atoms with van der Waals surface area (Å²) in [5.41, 5.74) is 1.18. The summed E-state index contributed by atoms with van der Waals surface area (Å²) in [7, 11) is 4.00. The molecule has 1 atom stereocenters. The van der Waals surface area contributed by atoms with Gasteiger partial charge in [-0.15, -0.1) is 0 Å². The fraction of sp³-hybridized carbons (Fsp3) is 0.583. The Kier molecular flexibility index (Phi) is 7.88. The molecule has 2 aromatic heterocycles. The van der Waals surface area contributed by atoms with Gasteiger partial charge in [-0.05, 0) is 49.7 Å². The topological polar surface area (TPSA) is 79.2 Å². The number of rotatable bonds is 10. The molecule has 8 nitrogen and oxygen atoms in total. The average molecular weight is 440 g/mol. The molecular formula is C24H37N7O. The van der Waals surface area contributed by atoms with Crippen LogP contribution >= 0.6 is 0 Å². The van der Waals surface area contributed by atoms with Gasteiger partial charge in [0, 0.05) is 45.6 Å². The zero-order valence-electron chi connectivity index (χ0n) is 19.9. The lowest BCUT2D eigenvalue weighted by atomic mass is 9.72. The Labute approximate surface area is 191 Å². The highest BCUT2D eigenvalue weighted by Crippen LogP contribution is 2.40. The molecule has 0 radical (unpaired) electrons. The Balaban J connectivity index is 1.62. The van der Waals surface area contributed by atoms with E-state index in [1.54, 1.807) is 17.1 Å². The molecule has 32 heavy (non-hydrogen) atoms. The third kappa shape index (κ3) is 5.66. The minimum absolute atomic E-state index is 0.0559. The van der Waals surface area contributed by atoms with E-state index in [4.69, 9.17) is 4.98 Å². The van der Waals surface area contributed by atoms with Crippen LogP contribution in [0.3, 0.4) is 0 Å². The Morgan fingerprint density at radius 3 is 2.72 bits per heavy atom. The van der Waals surface area contributed by atoms with Crippen LogP contribution in [0.2, 0.25) is 0 Å². The van der Waals surface area contributed by atoms with Gasteiger partial charge in [0.2, 0.25) is 11.9 Å². The van der Waals surface area contributed by atoms with E-state index >= 15 is 0 Å². The van der Waals surface area contributed by atoms with E-state index in [0.717, 1.165) is 63.1 Å². The molecule has 174 valence electrons. The van der Waals surface area contributed by atoms with Crippen LogP contribution in [0, 0.1) is 5.41 Å². The van der Waals surface area contributed by atoms with Crippen LogP contribution in [0.1, 0.15) is 52.4 Å². The lowest BCUT2D eigenvalue weighted by molar-refractivity contribution is -0.128. The molecule has 0 saturated carbocycles. The van der Waals surface area contributed by atoms with Crippen molar-refractivity contribution >= 4 is 23.4 Å². The average Bonchev–Trinajstić information content (AvgIpc) is 3.23. The Bertz CT molecular complexity index is 901. The molecule has 0 aliphatic carbocycles. The van der Waals surface area contributed by atoms with Crippen molar-refractivity contribution in [1.29, 1.82) is 0 Å². The van der Waals surface area contributed by atoms with E-state index in [2.05, 4.69) is 47.8 Å². The number of aromatic nitrogens is 4. The summed E-state index contributed by atoms with van der Waals surface area (Å²) in [4.78, 5) is 25.2. The molecule has 1 N–H and O–H groups in total. The van der Waals surface area contributed by atoms with Gasteiger partial charge in [-0.25, -0.2) is 4.98 Å². The van der Waals surface area contributed by atoms with E-state index in [9.17, 15) is 4.79 Å². The third-order valence-corrected chi connectivity index (χ3v) is 7.05. The van der Waals surface area contributed by atoms with Crippen molar-refractivity contribution in [3.05, 3.63) is 37.3 Å². The normalized spacial score (nSPS) is 16.4. The van der Waals surface area contributed by atoms with Crippen LogP contribution in [-0.2, 0) is 11.8 Å². The number of likely N-dealkylation sites (tertiary alicyclic amines) is 1. The minimum Gasteiger partial charge on any atom is -0.357 e. The summed E-state index contributed by atoms with van der Waals surface area (Å²) in [5.74, 6) is 1.54. The highest BCUT2D eigenvalue weighted by Gasteiger charge is 2.34. The van der Waals surface area contributed by atoms with Crippen molar-refractivity contribution in [1.82, 2.24) is 24.6 Å². The predicted molar refractivity (Wildman–Crippen MR) is 129 cm³/mol. The molecule has 3 heterocycles. The van der Waals surface area contributed by atoms with Gasteiger partial charge in [0.05, 0.1) is 11.9 Å². The first-order valence-electron chi connectivity index (χ1n) is 11.6. The van der Waals surface area contributed by atoms with Gasteiger partial charge in [-0.3, -0.25) is 9.48 Å². The lowest BCUT2D eigenvalue weighted by Gasteiger charge is -2.42. The van der Waals surface area contributed by atoms with E-state index < -0.39 is 0 Å². The van der Waals surface area contributed by atoms with Crippen molar-refractivity contribution in [3.8, 4) is 0 Å². The van der Waals surface area contributed by atoms with Crippen LogP contribution in [0.25, 0.3) is 0 Å². The summed E-state index contributed by atoms with van der Waals surface area (Å²) in [6, 6.07) is 2.36. The first-order chi connectivity index (χ1) is 15.4. The van der Waals surface area contributed by atoms with Gasteiger partial charge in [-0.1, -0.05) is 26.8 Å². The minimum atomic E-state index is 0.0559. The molecular weight excluding hydrogens is 402 g/mol. The summed E-state index contributed by atoms with van der Waals surface area (Å²) in [5, 5.41) is 7.40. The number of hydrogen-bond acceptors (Lipinski definition) is 6. The van der Waals surface area contributed by atoms with Gasteiger partial charge in [-0.2, -0.15) is 10.1 Å². The Morgan fingerprint density at radius 2 is 2.12 bits per heavy atom. The molecule has 8 heteroatoms. The van der Waals surface area contributed by atoms with Crippen molar-refractivity contribution in [2.24, 2.45) is 12.5 Å². The maximum atomic E-state index is 11.9. The summed E-state index contributed by atoms with van der Waals surface area (Å²) in [6.07, 6.45) is 13.5. The molecule has 1 fully saturated rings. The van der Waals surface area contributed by atoms with E-state index in [1.807, 2.05) is 24.2 Å². The molecule has 0 spiro atoms. The largest absolute Gasteiger partial charge is 0.357 e. The molecule has 0 bridgehead atoms. The molecule has 0 aromatic carbocycles. The zero-order chi connectivity index (χ0) is 23.1. The van der Waals surface area contributed by atoms with Gasteiger partial charge in [0.1, 0.15) is 5.82 Å². The standard InChI is InChI=1S/C24H37N7O/c1-6-20(9-11-24(8-3)12-15-31(16-13-24)22(32)7-2)30(5)21-10-14-25-23(28-21)27-19-17-26-29(4)18-19/h7,10,14,17-18,20H,2,6,8-9,11-13,15-16H2,1,3-5H3,(H,25,27,28). The van der Waals surface area contributed by atoms with Crippen LogP contribution < -0.4 is 10.2 Å². The third-order valence-electron chi connectivity index (χ3n) is 7.05. The van der Waals surface area contributed by atoms with Crippen LogP contribution in [0.4, 0.5) is 17.5 Å². The maximum Gasteiger partial charge on any atom is 0.245 e. The summed E-state index contributed by atoms with van der Waals surface area (Å²) in [6.45, 7) is 9.82. The first kappa shape index (κ1) is 23.8.